The van der Waals surface area contributed by atoms with E-state index in [0.29, 0.717) is 5.69 Å². The van der Waals surface area contributed by atoms with Crippen molar-refractivity contribution >= 4 is 23.2 Å². The average Bonchev–Trinajstić information content (AvgIpc) is 3.32. The maximum atomic E-state index is 13.1. The quantitative estimate of drug-likeness (QED) is 0.785. The predicted octanol–water partition coefficient (Wildman–Crippen LogP) is 2.98. The molecule has 26 heavy (non-hydrogen) atoms. The number of anilines is 2. The summed E-state index contributed by atoms with van der Waals surface area (Å²) in [5.74, 6) is -0.554. The second-order valence-corrected chi connectivity index (χ2v) is 7.10. The molecule has 1 fully saturated rings. The van der Waals surface area contributed by atoms with Crippen molar-refractivity contribution in [3.05, 3.63) is 59.2 Å². The summed E-state index contributed by atoms with van der Waals surface area (Å²) in [6.45, 7) is 1.98. The Morgan fingerprint density at radius 3 is 2.65 bits per heavy atom. The van der Waals surface area contributed by atoms with Gasteiger partial charge in [-0.05, 0) is 67.1 Å². The van der Waals surface area contributed by atoms with Gasteiger partial charge < -0.3 is 0 Å². The minimum Gasteiger partial charge on any atom is -0.271 e. The minimum absolute atomic E-state index is 0.260. The molecule has 2 heterocycles. The summed E-state index contributed by atoms with van der Waals surface area (Å²) in [6.07, 6.45) is 3.20. The van der Waals surface area contributed by atoms with Gasteiger partial charge in [0.1, 0.15) is 0 Å². The van der Waals surface area contributed by atoms with Gasteiger partial charge in [0, 0.05) is 0 Å². The monoisotopic (exact) mass is 346 g/mol. The molecule has 2 amide bonds. The zero-order valence-corrected chi connectivity index (χ0v) is 14.4. The van der Waals surface area contributed by atoms with Gasteiger partial charge >= 0.3 is 0 Å². The number of carbonyl (C=O) groups is 2. The molecule has 6 nitrogen and oxygen atoms in total. The number of carbonyl (C=O) groups excluding carboxylic acids is 2. The molecular weight excluding hydrogens is 328 g/mol. The Morgan fingerprint density at radius 1 is 0.962 bits per heavy atom. The Bertz CT molecular complexity index is 968. The van der Waals surface area contributed by atoms with Crippen molar-refractivity contribution in [3.63, 3.8) is 0 Å². The zero-order valence-electron chi connectivity index (χ0n) is 14.4. The highest BCUT2D eigenvalue weighted by Gasteiger charge is 2.55. The molecular formula is C20H18N4O2. The highest BCUT2D eigenvalue weighted by Crippen LogP contribution is 2.36. The third kappa shape index (κ3) is 2.11. The minimum atomic E-state index is -0.767. The normalized spacial score (nSPS) is 23.7. The second kappa shape index (κ2) is 5.49. The molecule has 0 bridgehead atoms. The van der Waals surface area contributed by atoms with Crippen molar-refractivity contribution < 1.29 is 9.59 Å². The molecule has 2 aliphatic heterocycles. The van der Waals surface area contributed by atoms with E-state index in [1.807, 2.05) is 49.4 Å². The first-order valence-electron chi connectivity index (χ1n) is 8.90. The summed E-state index contributed by atoms with van der Waals surface area (Å²) in [5.41, 5.74) is 5.03. The van der Waals surface area contributed by atoms with Crippen molar-refractivity contribution in [1.29, 1.82) is 0 Å². The van der Waals surface area contributed by atoms with Gasteiger partial charge in [-0.15, -0.1) is 0 Å². The Labute approximate surface area is 151 Å². The number of aryl methyl sites for hydroxylation is 3. The summed E-state index contributed by atoms with van der Waals surface area (Å²) in [7, 11) is 0. The zero-order chi connectivity index (χ0) is 17.8. The lowest BCUT2D eigenvalue weighted by atomic mass is 10.1. The van der Waals surface area contributed by atoms with Crippen LogP contribution >= 0.6 is 0 Å². The molecule has 2 aromatic rings. The highest BCUT2D eigenvalue weighted by atomic mass is 16.2. The van der Waals surface area contributed by atoms with Crippen LogP contribution in [0.1, 0.15) is 23.1 Å². The van der Waals surface area contributed by atoms with Crippen LogP contribution in [0.5, 0.6) is 0 Å². The Kier molecular flexibility index (Phi) is 3.22. The van der Waals surface area contributed by atoms with Crippen LogP contribution in [0.4, 0.5) is 11.4 Å². The predicted molar refractivity (Wildman–Crippen MR) is 97.1 cm³/mol. The number of imide groups is 1. The molecule has 1 aliphatic carbocycles. The maximum Gasteiger partial charge on any atom is 0.263 e. The fourth-order valence-corrected chi connectivity index (χ4v) is 4.10. The highest BCUT2D eigenvalue weighted by molar-refractivity contribution is 6.26. The SMILES string of the molecule is Cc1cccc(N2N=N[C@H]3C(=O)N(c4ccc5c(c4)CCC5)C(=O)[C@H]32)c1. The largest absolute Gasteiger partial charge is 0.271 e. The van der Waals surface area contributed by atoms with Crippen molar-refractivity contribution in [2.75, 3.05) is 9.91 Å². The lowest BCUT2D eigenvalue weighted by Crippen LogP contribution is -2.40. The Balaban J connectivity index is 1.51. The van der Waals surface area contributed by atoms with Gasteiger partial charge in [0.2, 0.25) is 0 Å². The molecule has 2 aromatic carbocycles. The topological polar surface area (TPSA) is 65.3 Å². The van der Waals surface area contributed by atoms with Crippen LogP contribution in [-0.2, 0) is 22.4 Å². The fourth-order valence-electron chi connectivity index (χ4n) is 4.10. The van der Waals surface area contributed by atoms with E-state index < -0.39 is 12.1 Å². The van der Waals surface area contributed by atoms with Gasteiger partial charge in [-0.3, -0.25) is 9.59 Å². The van der Waals surface area contributed by atoms with Crippen molar-refractivity contribution in [2.45, 2.75) is 38.3 Å². The number of nitrogens with zero attached hydrogens (tertiary/aromatic N) is 4. The number of rotatable bonds is 2. The molecule has 1 saturated heterocycles. The first-order chi connectivity index (χ1) is 12.6. The second-order valence-electron chi connectivity index (χ2n) is 7.10. The summed E-state index contributed by atoms with van der Waals surface area (Å²) >= 11 is 0. The van der Waals surface area contributed by atoms with E-state index in [-0.39, 0.29) is 11.8 Å². The molecule has 0 radical (unpaired) electrons. The van der Waals surface area contributed by atoms with E-state index in [2.05, 4.69) is 10.3 Å². The lowest BCUT2D eigenvalue weighted by molar-refractivity contribution is -0.121. The molecule has 6 heteroatoms. The number of amides is 2. The number of fused-ring (bicyclic) bond motifs is 2. The molecule has 0 N–H and O–H groups in total. The van der Waals surface area contributed by atoms with Crippen LogP contribution in [0.25, 0.3) is 0 Å². The van der Waals surface area contributed by atoms with Gasteiger partial charge in [-0.1, -0.05) is 23.4 Å². The standard InChI is InChI=1S/C20H18N4O2/c1-12-4-2-7-16(10-12)24-18-17(21-22-24)19(25)23(20(18)26)15-9-8-13-5-3-6-14(13)11-15/h2,4,7-11,17-18H,3,5-6H2,1H3/t17-,18+/m1/s1. The van der Waals surface area contributed by atoms with Crippen LogP contribution in [0.2, 0.25) is 0 Å². The van der Waals surface area contributed by atoms with E-state index in [9.17, 15) is 9.59 Å². The summed E-state index contributed by atoms with van der Waals surface area (Å²) in [5, 5.41) is 9.79. The molecule has 2 atom stereocenters. The molecule has 0 saturated carbocycles. The Morgan fingerprint density at radius 2 is 1.81 bits per heavy atom. The van der Waals surface area contributed by atoms with E-state index >= 15 is 0 Å². The van der Waals surface area contributed by atoms with Gasteiger partial charge in [-0.2, -0.15) is 5.11 Å². The molecule has 0 aromatic heterocycles. The smallest absolute Gasteiger partial charge is 0.263 e. The lowest BCUT2D eigenvalue weighted by Gasteiger charge is -2.21. The maximum absolute atomic E-state index is 13.1. The number of hydrogen-bond donors (Lipinski definition) is 0. The number of hydrogen-bond acceptors (Lipinski definition) is 5. The third-order valence-corrected chi connectivity index (χ3v) is 5.39. The molecule has 0 unspecified atom stereocenters. The van der Waals surface area contributed by atoms with Gasteiger partial charge in [0.25, 0.3) is 11.8 Å². The van der Waals surface area contributed by atoms with Crippen molar-refractivity contribution in [3.8, 4) is 0 Å². The van der Waals surface area contributed by atoms with E-state index in [4.69, 9.17) is 0 Å². The van der Waals surface area contributed by atoms with Crippen LogP contribution in [-0.4, -0.2) is 23.9 Å². The summed E-state index contributed by atoms with van der Waals surface area (Å²) in [6, 6.07) is 12.1. The molecule has 3 aliphatic rings. The molecule has 5 rings (SSSR count). The molecule has 0 spiro atoms. The van der Waals surface area contributed by atoms with Gasteiger partial charge in [0.05, 0.1) is 11.4 Å². The average molecular weight is 346 g/mol. The first kappa shape index (κ1) is 15.3. The first-order valence-corrected chi connectivity index (χ1v) is 8.90. The summed E-state index contributed by atoms with van der Waals surface area (Å²) < 4.78 is 0. The van der Waals surface area contributed by atoms with Crippen molar-refractivity contribution in [1.82, 2.24) is 0 Å². The summed E-state index contributed by atoms with van der Waals surface area (Å²) in [4.78, 5) is 27.3. The van der Waals surface area contributed by atoms with Gasteiger partial charge in [0.15, 0.2) is 12.1 Å². The van der Waals surface area contributed by atoms with Crippen LogP contribution in [0, 0.1) is 6.92 Å². The van der Waals surface area contributed by atoms with Crippen LogP contribution < -0.4 is 9.91 Å². The van der Waals surface area contributed by atoms with E-state index in [1.165, 1.54) is 16.0 Å². The molecule has 130 valence electrons. The van der Waals surface area contributed by atoms with Crippen molar-refractivity contribution in [2.24, 2.45) is 10.3 Å². The van der Waals surface area contributed by atoms with Crippen LogP contribution in [0.3, 0.4) is 0 Å². The van der Waals surface area contributed by atoms with Crippen LogP contribution in [0.15, 0.2) is 52.8 Å². The van der Waals surface area contributed by atoms with E-state index in [0.717, 1.165) is 30.5 Å². The fraction of sp³-hybridized carbons (Fsp3) is 0.300. The van der Waals surface area contributed by atoms with Gasteiger partial charge in [-0.25, -0.2) is 9.91 Å². The Hall–Kier alpha value is -3.02. The third-order valence-electron chi connectivity index (χ3n) is 5.39. The number of benzene rings is 2. The van der Waals surface area contributed by atoms with E-state index in [1.54, 1.807) is 5.01 Å².